The number of benzene rings is 1. The minimum absolute atomic E-state index is 0.155. The summed E-state index contributed by atoms with van der Waals surface area (Å²) in [5, 5.41) is 2.65. The Morgan fingerprint density at radius 2 is 1.90 bits per heavy atom. The molecule has 1 amide bonds. The molecule has 1 aromatic carbocycles. The van der Waals surface area contributed by atoms with Crippen LogP contribution >= 0.6 is 0 Å². The summed E-state index contributed by atoms with van der Waals surface area (Å²) >= 11 is 0. The van der Waals surface area contributed by atoms with E-state index in [9.17, 15) is 9.59 Å². The van der Waals surface area contributed by atoms with E-state index in [1.165, 1.54) is 14.2 Å². The van der Waals surface area contributed by atoms with Crippen LogP contribution in [0.15, 0.2) is 18.2 Å². The van der Waals surface area contributed by atoms with Crippen molar-refractivity contribution in [3.05, 3.63) is 23.8 Å². The number of esters is 1. The van der Waals surface area contributed by atoms with Gasteiger partial charge in [-0.2, -0.15) is 0 Å². The van der Waals surface area contributed by atoms with Crippen LogP contribution in [0.3, 0.4) is 0 Å². The maximum absolute atomic E-state index is 11.8. The van der Waals surface area contributed by atoms with Crippen molar-refractivity contribution in [1.82, 2.24) is 5.32 Å². The summed E-state index contributed by atoms with van der Waals surface area (Å²) in [6, 6.07) is 5.26. The van der Waals surface area contributed by atoms with Gasteiger partial charge in [-0.05, 0) is 6.07 Å². The van der Waals surface area contributed by atoms with Crippen LogP contribution in [0.25, 0.3) is 0 Å². The number of nitrogens with one attached hydrogen (secondary N) is 1. The van der Waals surface area contributed by atoms with E-state index in [-0.39, 0.29) is 31.3 Å². The van der Waals surface area contributed by atoms with Crippen LogP contribution in [-0.4, -0.2) is 39.8 Å². The van der Waals surface area contributed by atoms with Gasteiger partial charge in [0.25, 0.3) is 0 Å². The molecule has 0 unspecified atom stereocenters. The molecule has 0 heterocycles. The number of hydrogen-bond donors (Lipinski definition) is 1. The molecule has 0 aliphatic carbocycles. The third kappa shape index (κ3) is 4.79. The molecule has 1 aromatic rings. The fourth-order valence-electron chi connectivity index (χ4n) is 1.64. The summed E-state index contributed by atoms with van der Waals surface area (Å²) in [4.78, 5) is 22.7. The molecular weight excluding hydrogens is 262 g/mol. The molecular formula is C14H19NO5. The van der Waals surface area contributed by atoms with Crippen molar-refractivity contribution in [3.8, 4) is 11.5 Å². The minimum atomic E-state index is -0.354. The first-order chi connectivity index (χ1) is 9.60. The Labute approximate surface area is 118 Å². The Bertz CT molecular complexity index is 473. The molecule has 0 aliphatic rings. The standard InChI is InChI=1S/C14H19NO5/c1-18-11-5-4-10(12(9-11)19-2)8-13(16)15-7-6-14(17)20-3/h4-5,9H,6-8H2,1-3H3,(H,15,16). The summed E-state index contributed by atoms with van der Waals surface area (Å²) in [6.45, 7) is 0.254. The van der Waals surface area contributed by atoms with Crippen LogP contribution in [0, 0.1) is 0 Å². The molecule has 0 aromatic heterocycles. The van der Waals surface area contributed by atoms with E-state index in [0.717, 1.165) is 5.56 Å². The molecule has 0 saturated heterocycles. The van der Waals surface area contributed by atoms with Crippen LogP contribution in [-0.2, 0) is 20.7 Å². The van der Waals surface area contributed by atoms with E-state index in [1.54, 1.807) is 25.3 Å². The summed E-state index contributed by atoms with van der Waals surface area (Å²) in [6.07, 6.45) is 0.330. The van der Waals surface area contributed by atoms with Crippen molar-refractivity contribution in [2.24, 2.45) is 0 Å². The smallest absolute Gasteiger partial charge is 0.307 e. The lowest BCUT2D eigenvalue weighted by Gasteiger charge is -2.10. The number of rotatable bonds is 7. The third-order valence-corrected chi connectivity index (χ3v) is 2.72. The Hall–Kier alpha value is -2.24. The lowest BCUT2D eigenvalue weighted by Crippen LogP contribution is -2.27. The maximum Gasteiger partial charge on any atom is 0.307 e. The van der Waals surface area contributed by atoms with Gasteiger partial charge in [-0.1, -0.05) is 6.07 Å². The first kappa shape index (κ1) is 15.8. The molecule has 110 valence electrons. The van der Waals surface area contributed by atoms with Gasteiger partial charge in [-0.3, -0.25) is 9.59 Å². The van der Waals surface area contributed by atoms with Gasteiger partial charge >= 0.3 is 5.97 Å². The van der Waals surface area contributed by atoms with Crippen LogP contribution in [0.5, 0.6) is 11.5 Å². The topological polar surface area (TPSA) is 73.9 Å². The predicted octanol–water partition coefficient (Wildman–Crippen LogP) is 0.926. The lowest BCUT2D eigenvalue weighted by molar-refractivity contribution is -0.140. The largest absolute Gasteiger partial charge is 0.497 e. The zero-order valence-corrected chi connectivity index (χ0v) is 11.9. The first-order valence-electron chi connectivity index (χ1n) is 6.15. The van der Waals surface area contributed by atoms with Gasteiger partial charge < -0.3 is 19.5 Å². The fourth-order valence-corrected chi connectivity index (χ4v) is 1.64. The van der Waals surface area contributed by atoms with Gasteiger partial charge in [0, 0.05) is 18.2 Å². The molecule has 1 rings (SSSR count). The second kappa shape index (κ2) is 8.04. The van der Waals surface area contributed by atoms with Gasteiger partial charge in [0.15, 0.2) is 0 Å². The monoisotopic (exact) mass is 281 g/mol. The summed E-state index contributed by atoms with van der Waals surface area (Å²) in [7, 11) is 4.41. The van der Waals surface area contributed by atoms with Crippen LogP contribution in [0.4, 0.5) is 0 Å². The molecule has 0 atom stereocenters. The normalized spacial score (nSPS) is 9.75. The molecule has 0 spiro atoms. The highest BCUT2D eigenvalue weighted by Crippen LogP contribution is 2.24. The number of ether oxygens (including phenoxy) is 3. The van der Waals surface area contributed by atoms with E-state index in [1.807, 2.05) is 0 Å². The van der Waals surface area contributed by atoms with Crippen LogP contribution < -0.4 is 14.8 Å². The molecule has 0 saturated carbocycles. The highest BCUT2D eigenvalue weighted by atomic mass is 16.5. The zero-order valence-electron chi connectivity index (χ0n) is 11.9. The van der Waals surface area contributed by atoms with Gasteiger partial charge in [0.2, 0.25) is 5.91 Å². The van der Waals surface area contributed by atoms with Crippen molar-refractivity contribution >= 4 is 11.9 Å². The quantitative estimate of drug-likeness (QED) is 0.752. The number of carbonyl (C=O) groups is 2. The van der Waals surface area contributed by atoms with Gasteiger partial charge in [-0.15, -0.1) is 0 Å². The SMILES string of the molecule is COC(=O)CCNC(=O)Cc1ccc(OC)cc1OC. The average molecular weight is 281 g/mol. The first-order valence-corrected chi connectivity index (χ1v) is 6.15. The van der Waals surface area contributed by atoms with E-state index >= 15 is 0 Å². The van der Waals surface area contributed by atoms with E-state index in [0.29, 0.717) is 11.5 Å². The second-order valence-electron chi connectivity index (χ2n) is 4.03. The van der Waals surface area contributed by atoms with E-state index in [2.05, 4.69) is 10.1 Å². The minimum Gasteiger partial charge on any atom is -0.497 e. The van der Waals surface area contributed by atoms with Crippen LogP contribution in [0.2, 0.25) is 0 Å². The molecule has 0 fully saturated rings. The Kier molecular flexibility index (Phi) is 6.36. The van der Waals surface area contributed by atoms with Gasteiger partial charge in [-0.25, -0.2) is 0 Å². The van der Waals surface area contributed by atoms with Crippen molar-refractivity contribution in [2.45, 2.75) is 12.8 Å². The Morgan fingerprint density at radius 1 is 1.15 bits per heavy atom. The van der Waals surface area contributed by atoms with Crippen molar-refractivity contribution in [3.63, 3.8) is 0 Å². The van der Waals surface area contributed by atoms with Gasteiger partial charge in [0.1, 0.15) is 11.5 Å². The average Bonchev–Trinajstić information content (AvgIpc) is 2.47. The van der Waals surface area contributed by atoms with E-state index in [4.69, 9.17) is 9.47 Å². The Morgan fingerprint density at radius 3 is 2.50 bits per heavy atom. The van der Waals surface area contributed by atoms with Crippen LogP contribution in [0.1, 0.15) is 12.0 Å². The molecule has 20 heavy (non-hydrogen) atoms. The molecule has 0 bridgehead atoms. The molecule has 1 N–H and O–H groups in total. The predicted molar refractivity (Wildman–Crippen MR) is 72.9 cm³/mol. The highest BCUT2D eigenvalue weighted by molar-refractivity contribution is 5.80. The molecule has 6 heteroatoms. The number of carbonyl (C=O) groups excluding carboxylic acids is 2. The maximum atomic E-state index is 11.8. The fraction of sp³-hybridized carbons (Fsp3) is 0.429. The molecule has 0 radical (unpaired) electrons. The Balaban J connectivity index is 2.55. The number of amides is 1. The third-order valence-electron chi connectivity index (χ3n) is 2.72. The van der Waals surface area contributed by atoms with Crippen molar-refractivity contribution < 1.29 is 23.8 Å². The zero-order chi connectivity index (χ0) is 15.0. The summed E-state index contributed by atoms with van der Waals surface area (Å²) in [5.74, 6) is 0.717. The molecule has 6 nitrogen and oxygen atoms in total. The number of methoxy groups -OCH3 is 3. The summed E-state index contributed by atoms with van der Waals surface area (Å²) < 4.78 is 14.8. The molecule has 0 aliphatic heterocycles. The number of hydrogen-bond acceptors (Lipinski definition) is 5. The van der Waals surface area contributed by atoms with Crippen molar-refractivity contribution in [1.29, 1.82) is 0 Å². The van der Waals surface area contributed by atoms with Crippen molar-refractivity contribution in [2.75, 3.05) is 27.9 Å². The van der Waals surface area contributed by atoms with E-state index < -0.39 is 0 Å². The summed E-state index contributed by atoms with van der Waals surface area (Å²) in [5.41, 5.74) is 0.754. The van der Waals surface area contributed by atoms with Gasteiger partial charge in [0.05, 0.1) is 34.2 Å². The second-order valence-corrected chi connectivity index (χ2v) is 4.03. The highest BCUT2D eigenvalue weighted by Gasteiger charge is 2.10. The lowest BCUT2D eigenvalue weighted by atomic mass is 10.1.